The van der Waals surface area contributed by atoms with Crippen molar-refractivity contribution >= 4 is 57.1 Å². The van der Waals surface area contributed by atoms with Gasteiger partial charge in [-0.25, -0.2) is 0 Å². The number of ether oxygens (including phenoxy) is 1. The molecule has 3 aromatic carbocycles. The predicted molar refractivity (Wildman–Crippen MR) is 128 cm³/mol. The number of non-ortho nitro benzene ring substituents is 1. The van der Waals surface area contributed by atoms with Crippen LogP contribution in [-0.2, 0) is 18.1 Å². The lowest BCUT2D eigenvalue weighted by molar-refractivity contribution is -0.384. The third kappa shape index (κ3) is 6.67. The molecule has 0 fully saturated rings. The molecule has 0 aliphatic rings. The van der Waals surface area contributed by atoms with Crippen molar-refractivity contribution in [3.05, 3.63) is 101 Å². The number of oxime groups is 1. The van der Waals surface area contributed by atoms with Crippen LogP contribution in [0.5, 0.6) is 5.75 Å². The van der Waals surface area contributed by atoms with Crippen LogP contribution in [0.25, 0.3) is 0 Å². The van der Waals surface area contributed by atoms with E-state index in [2.05, 4.69) is 62.5 Å². The second-order valence-electron chi connectivity index (χ2n) is 6.04. The summed E-state index contributed by atoms with van der Waals surface area (Å²) in [6.45, 7) is 0.666. The summed E-state index contributed by atoms with van der Waals surface area (Å²) in [4.78, 5) is 15.6. The molecule has 0 aliphatic heterocycles. The molecule has 0 spiro atoms. The van der Waals surface area contributed by atoms with Gasteiger partial charge in [-0.05, 0) is 92.2 Å². The quantitative estimate of drug-likeness (QED) is 0.137. The maximum atomic E-state index is 10.8. The Morgan fingerprint density at radius 2 is 1.76 bits per heavy atom. The average Bonchev–Trinajstić information content (AvgIpc) is 2.72. The maximum Gasteiger partial charge on any atom is 0.269 e. The molecule has 0 atom stereocenters. The summed E-state index contributed by atoms with van der Waals surface area (Å²) in [7, 11) is 0. The van der Waals surface area contributed by atoms with E-state index in [0.717, 1.165) is 20.4 Å². The maximum absolute atomic E-state index is 10.8. The summed E-state index contributed by atoms with van der Waals surface area (Å²) in [6.07, 6.45) is 1.60. The third-order valence-electron chi connectivity index (χ3n) is 3.89. The summed E-state index contributed by atoms with van der Waals surface area (Å²) in [5, 5.41) is 14.7. The molecule has 29 heavy (non-hydrogen) atoms. The summed E-state index contributed by atoms with van der Waals surface area (Å²) < 4.78 is 8.05. The molecule has 0 saturated carbocycles. The number of nitro benzene ring substituents is 1. The Morgan fingerprint density at radius 3 is 2.48 bits per heavy atom. The lowest BCUT2D eigenvalue weighted by Crippen LogP contribution is -1.98. The molecule has 0 aliphatic carbocycles. The molecular formula is C21H16I2N2O4. The summed E-state index contributed by atoms with van der Waals surface area (Å²) >= 11 is 4.50. The van der Waals surface area contributed by atoms with Gasteiger partial charge in [0.15, 0.2) is 0 Å². The van der Waals surface area contributed by atoms with Crippen molar-refractivity contribution in [3.63, 3.8) is 0 Å². The first kappa shape index (κ1) is 21.5. The van der Waals surface area contributed by atoms with E-state index in [1.165, 1.54) is 15.7 Å². The lowest BCUT2D eigenvalue weighted by atomic mass is 10.2. The second kappa shape index (κ2) is 10.5. The first-order valence-electron chi connectivity index (χ1n) is 8.57. The lowest BCUT2D eigenvalue weighted by Gasteiger charge is -2.09. The fourth-order valence-corrected chi connectivity index (χ4v) is 3.48. The number of hydrogen-bond donors (Lipinski definition) is 0. The van der Waals surface area contributed by atoms with E-state index >= 15 is 0 Å². The smallest absolute Gasteiger partial charge is 0.269 e. The Kier molecular flexibility index (Phi) is 7.81. The molecule has 0 amide bonds. The Balaban J connectivity index is 1.53. The average molecular weight is 614 g/mol. The zero-order valence-electron chi connectivity index (χ0n) is 15.1. The van der Waals surface area contributed by atoms with Crippen LogP contribution in [0.3, 0.4) is 0 Å². The van der Waals surface area contributed by atoms with Gasteiger partial charge in [0.05, 0.1) is 14.7 Å². The highest BCUT2D eigenvalue weighted by molar-refractivity contribution is 14.1. The molecule has 3 aromatic rings. The number of halogens is 2. The largest absolute Gasteiger partial charge is 0.488 e. The Morgan fingerprint density at radius 1 is 0.966 bits per heavy atom. The van der Waals surface area contributed by atoms with Crippen LogP contribution in [0.2, 0.25) is 0 Å². The van der Waals surface area contributed by atoms with Crippen molar-refractivity contribution in [1.82, 2.24) is 0 Å². The summed E-state index contributed by atoms with van der Waals surface area (Å²) in [6, 6.07) is 20.2. The van der Waals surface area contributed by atoms with Crippen molar-refractivity contribution in [2.45, 2.75) is 13.2 Å². The van der Waals surface area contributed by atoms with E-state index < -0.39 is 4.92 Å². The molecule has 0 saturated heterocycles. The molecule has 0 N–H and O–H groups in total. The van der Waals surface area contributed by atoms with Gasteiger partial charge in [-0.1, -0.05) is 29.4 Å². The molecule has 3 rings (SSSR count). The van der Waals surface area contributed by atoms with Gasteiger partial charge in [0, 0.05) is 15.7 Å². The van der Waals surface area contributed by atoms with Crippen molar-refractivity contribution in [2.75, 3.05) is 0 Å². The Bertz CT molecular complexity index is 1020. The fraction of sp³-hybridized carbons (Fsp3) is 0.0952. The van der Waals surface area contributed by atoms with Crippen molar-refractivity contribution in [3.8, 4) is 5.75 Å². The SMILES string of the molecule is O=[N+]([O-])c1cccc(CO/N=C\c2ccc(OCc3ccc(I)cc3)c(I)c2)c1. The van der Waals surface area contributed by atoms with Crippen molar-refractivity contribution in [2.24, 2.45) is 5.16 Å². The van der Waals surface area contributed by atoms with E-state index in [9.17, 15) is 10.1 Å². The van der Waals surface area contributed by atoms with Gasteiger partial charge in [-0.15, -0.1) is 0 Å². The number of nitro groups is 1. The number of rotatable bonds is 8. The Labute approximate surface area is 195 Å². The second-order valence-corrected chi connectivity index (χ2v) is 8.45. The molecule has 0 unspecified atom stereocenters. The number of hydrogen-bond acceptors (Lipinski definition) is 5. The zero-order valence-corrected chi connectivity index (χ0v) is 19.4. The van der Waals surface area contributed by atoms with Gasteiger partial charge in [0.1, 0.15) is 19.0 Å². The first-order valence-corrected chi connectivity index (χ1v) is 10.7. The van der Waals surface area contributed by atoms with Gasteiger partial charge in [-0.2, -0.15) is 0 Å². The van der Waals surface area contributed by atoms with E-state index in [4.69, 9.17) is 9.57 Å². The molecule has 0 heterocycles. The number of benzene rings is 3. The highest BCUT2D eigenvalue weighted by Crippen LogP contribution is 2.23. The molecular weight excluding hydrogens is 598 g/mol. The fourth-order valence-electron chi connectivity index (χ4n) is 2.43. The monoisotopic (exact) mass is 614 g/mol. The Hall–Kier alpha value is -2.21. The topological polar surface area (TPSA) is 74.0 Å². The van der Waals surface area contributed by atoms with Gasteiger partial charge in [0.2, 0.25) is 0 Å². The van der Waals surface area contributed by atoms with Crippen LogP contribution < -0.4 is 4.74 Å². The highest BCUT2D eigenvalue weighted by Gasteiger charge is 2.06. The van der Waals surface area contributed by atoms with Crippen LogP contribution in [-0.4, -0.2) is 11.1 Å². The van der Waals surface area contributed by atoms with Crippen molar-refractivity contribution < 1.29 is 14.5 Å². The minimum atomic E-state index is -0.434. The zero-order chi connectivity index (χ0) is 20.6. The molecule has 0 radical (unpaired) electrons. The summed E-state index contributed by atoms with van der Waals surface area (Å²) in [5.74, 6) is 0.804. The minimum absolute atomic E-state index is 0.0328. The van der Waals surface area contributed by atoms with E-state index in [1.54, 1.807) is 18.3 Å². The van der Waals surface area contributed by atoms with Gasteiger partial charge in [0.25, 0.3) is 5.69 Å². The van der Waals surface area contributed by atoms with E-state index in [0.29, 0.717) is 12.2 Å². The normalized spacial score (nSPS) is 10.8. The molecule has 0 bridgehead atoms. The van der Waals surface area contributed by atoms with Gasteiger partial charge < -0.3 is 9.57 Å². The summed E-state index contributed by atoms with van der Waals surface area (Å²) in [5.41, 5.74) is 2.70. The van der Waals surface area contributed by atoms with E-state index in [1.807, 2.05) is 30.3 Å². The minimum Gasteiger partial charge on any atom is -0.488 e. The molecule has 148 valence electrons. The van der Waals surface area contributed by atoms with Crippen LogP contribution in [0.15, 0.2) is 71.9 Å². The van der Waals surface area contributed by atoms with Crippen LogP contribution in [0, 0.1) is 17.3 Å². The van der Waals surface area contributed by atoms with E-state index in [-0.39, 0.29) is 12.3 Å². The molecule has 8 heteroatoms. The van der Waals surface area contributed by atoms with Gasteiger partial charge in [-0.3, -0.25) is 10.1 Å². The van der Waals surface area contributed by atoms with Crippen LogP contribution in [0.4, 0.5) is 5.69 Å². The number of nitrogens with zero attached hydrogens (tertiary/aromatic N) is 2. The molecule has 6 nitrogen and oxygen atoms in total. The molecule has 0 aromatic heterocycles. The predicted octanol–water partition coefficient (Wildman–Crippen LogP) is 5.93. The standard InChI is InChI=1S/C21H16I2N2O4/c22-18-7-4-15(5-8-18)13-28-21-9-6-16(11-20(21)23)12-24-29-14-17-2-1-3-19(10-17)25(26)27/h1-12H,13-14H2/b24-12-. The highest BCUT2D eigenvalue weighted by atomic mass is 127. The van der Waals surface area contributed by atoms with Crippen LogP contribution >= 0.6 is 45.2 Å². The third-order valence-corrected chi connectivity index (χ3v) is 5.45. The van der Waals surface area contributed by atoms with Gasteiger partial charge >= 0.3 is 0 Å². The van der Waals surface area contributed by atoms with Crippen molar-refractivity contribution in [1.29, 1.82) is 0 Å². The van der Waals surface area contributed by atoms with Crippen LogP contribution in [0.1, 0.15) is 16.7 Å². The first-order chi connectivity index (χ1) is 14.0.